The summed E-state index contributed by atoms with van der Waals surface area (Å²) in [4.78, 5) is 13.8. The Morgan fingerprint density at radius 2 is 1.15 bits per heavy atom. The highest BCUT2D eigenvalue weighted by molar-refractivity contribution is 6.13. The van der Waals surface area contributed by atoms with Crippen molar-refractivity contribution in [3.63, 3.8) is 0 Å². The Kier molecular flexibility index (Phi) is 6.45. The highest BCUT2D eigenvalue weighted by Crippen LogP contribution is 2.39. The van der Waals surface area contributed by atoms with Crippen LogP contribution in [-0.4, -0.2) is 24.1 Å². The second kappa shape index (κ2) is 11.6. The smallest absolute Gasteiger partial charge is 0.145 e. The van der Waals surface area contributed by atoms with Crippen LogP contribution in [0.3, 0.4) is 0 Å². The van der Waals surface area contributed by atoms with Crippen molar-refractivity contribution in [1.29, 1.82) is 0 Å². The summed E-state index contributed by atoms with van der Waals surface area (Å²) in [5, 5.41) is 4.67. The van der Waals surface area contributed by atoms with E-state index in [1.807, 2.05) is 18.2 Å². The number of nitrogens with zero attached hydrogens (tertiary/aromatic N) is 5. The molecule has 0 bridgehead atoms. The molecule has 6 nitrogen and oxygen atoms in total. The van der Waals surface area contributed by atoms with Gasteiger partial charge < -0.3 is 8.98 Å². The van der Waals surface area contributed by atoms with Crippen molar-refractivity contribution < 1.29 is 4.42 Å². The molecule has 0 radical (unpaired) electrons. The minimum absolute atomic E-state index is 0.841. The van der Waals surface area contributed by atoms with Crippen LogP contribution in [0, 0.1) is 0 Å². The van der Waals surface area contributed by atoms with Gasteiger partial charge in [-0.15, -0.1) is 0 Å². The fraction of sp³-hybridized carbons (Fsp3) is 0. The van der Waals surface area contributed by atoms with E-state index >= 15 is 0 Å². The zero-order valence-corrected chi connectivity index (χ0v) is 28.4. The van der Waals surface area contributed by atoms with Crippen molar-refractivity contribution in [2.45, 2.75) is 0 Å². The van der Waals surface area contributed by atoms with Crippen LogP contribution in [0.25, 0.3) is 99.9 Å². The van der Waals surface area contributed by atoms with Crippen molar-refractivity contribution >= 4 is 54.8 Å². The predicted molar refractivity (Wildman–Crippen MR) is 215 cm³/mol. The van der Waals surface area contributed by atoms with Gasteiger partial charge in [0.2, 0.25) is 0 Å². The van der Waals surface area contributed by atoms with Crippen LogP contribution in [0.1, 0.15) is 0 Å². The Morgan fingerprint density at radius 3 is 1.98 bits per heavy atom. The average molecular weight is 680 g/mol. The lowest BCUT2D eigenvalue weighted by molar-refractivity contribution is 0.670. The number of imidazole rings is 1. The molecule has 0 amide bonds. The summed E-state index contributed by atoms with van der Waals surface area (Å²) in [5.74, 6) is 0.883. The number of rotatable bonds is 5. The zero-order chi connectivity index (χ0) is 34.9. The molecule has 0 atom stereocenters. The van der Waals surface area contributed by atoms with Gasteiger partial charge in [0.25, 0.3) is 0 Å². The summed E-state index contributed by atoms with van der Waals surface area (Å²) in [6, 6.07) is 55.6. The third-order valence-electron chi connectivity index (χ3n) is 10.3. The van der Waals surface area contributed by atoms with Crippen LogP contribution in [0.5, 0.6) is 0 Å². The first-order valence-electron chi connectivity index (χ1n) is 17.7. The fourth-order valence-corrected chi connectivity index (χ4v) is 7.86. The number of hydrogen-bond donors (Lipinski definition) is 0. The zero-order valence-electron chi connectivity index (χ0n) is 28.4. The van der Waals surface area contributed by atoms with Gasteiger partial charge in [0, 0.05) is 62.0 Å². The van der Waals surface area contributed by atoms with Gasteiger partial charge in [-0.3, -0.25) is 14.5 Å². The maximum atomic E-state index is 6.42. The lowest BCUT2D eigenvalue weighted by Gasteiger charge is -2.13. The molecule has 0 spiro atoms. The topological polar surface area (TPSA) is 61.7 Å². The highest BCUT2D eigenvalue weighted by Gasteiger charge is 2.18. The van der Waals surface area contributed by atoms with Crippen molar-refractivity contribution in [2.75, 3.05) is 0 Å². The Labute approximate surface area is 303 Å². The molecular formula is C47H29N5O. The van der Waals surface area contributed by atoms with Gasteiger partial charge in [0.15, 0.2) is 0 Å². The van der Waals surface area contributed by atoms with Crippen molar-refractivity contribution in [2.24, 2.45) is 0 Å². The summed E-state index contributed by atoms with van der Waals surface area (Å²) in [6.07, 6.45) is 5.19. The van der Waals surface area contributed by atoms with E-state index in [0.717, 1.165) is 89.2 Å². The summed E-state index contributed by atoms with van der Waals surface area (Å²) >= 11 is 0. The van der Waals surface area contributed by atoms with E-state index in [4.69, 9.17) is 9.40 Å². The molecule has 0 aliphatic heterocycles. The van der Waals surface area contributed by atoms with Gasteiger partial charge in [0.05, 0.1) is 34.0 Å². The molecule has 0 N–H and O–H groups in total. The van der Waals surface area contributed by atoms with Crippen molar-refractivity contribution in [1.82, 2.24) is 24.1 Å². The fourth-order valence-electron chi connectivity index (χ4n) is 7.86. The van der Waals surface area contributed by atoms with Gasteiger partial charge in [-0.05, 0) is 66.2 Å². The standard InChI is InChI=1S/C47H29N5O/c1-4-13-42-36(8-1)39-28-32(35-10-7-11-38-37-9-2-6-15-45(37)53-46(35)38)20-25-43(39)51(42)33-21-23-34(24-22-33)52-44-14-5-3-12-40(44)50-47(52)31-18-16-30(17-19-31)41-29-48-26-27-49-41/h1-29H. The summed E-state index contributed by atoms with van der Waals surface area (Å²) < 4.78 is 11.0. The van der Waals surface area contributed by atoms with Crippen LogP contribution >= 0.6 is 0 Å². The van der Waals surface area contributed by atoms with E-state index in [1.165, 1.54) is 10.8 Å². The summed E-state index contributed by atoms with van der Waals surface area (Å²) in [7, 11) is 0. The molecule has 0 aliphatic rings. The Balaban J connectivity index is 1.02. The predicted octanol–water partition coefficient (Wildman–Crippen LogP) is 11.8. The number of para-hydroxylation sites is 5. The second-order valence-corrected chi connectivity index (χ2v) is 13.3. The third-order valence-corrected chi connectivity index (χ3v) is 10.3. The minimum Gasteiger partial charge on any atom is -0.455 e. The molecule has 4 aromatic heterocycles. The first-order valence-corrected chi connectivity index (χ1v) is 17.7. The molecule has 6 heteroatoms. The lowest BCUT2D eigenvalue weighted by Crippen LogP contribution is -1.99. The van der Waals surface area contributed by atoms with Gasteiger partial charge in [-0.25, -0.2) is 4.98 Å². The second-order valence-electron chi connectivity index (χ2n) is 13.3. The quantitative estimate of drug-likeness (QED) is 0.182. The first-order chi connectivity index (χ1) is 26.3. The molecule has 0 saturated heterocycles. The largest absolute Gasteiger partial charge is 0.455 e. The van der Waals surface area contributed by atoms with Gasteiger partial charge >= 0.3 is 0 Å². The Morgan fingerprint density at radius 1 is 0.472 bits per heavy atom. The number of aromatic nitrogens is 5. The Hall–Kier alpha value is -7.31. The van der Waals surface area contributed by atoms with Crippen molar-refractivity contribution in [3.05, 3.63) is 176 Å². The molecule has 11 rings (SSSR count). The number of benzene rings is 7. The molecule has 4 heterocycles. The third kappa shape index (κ3) is 4.63. The average Bonchev–Trinajstić information content (AvgIpc) is 3.91. The molecule has 11 aromatic rings. The number of furan rings is 1. The molecule has 53 heavy (non-hydrogen) atoms. The minimum atomic E-state index is 0.841. The lowest BCUT2D eigenvalue weighted by atomic mass is 10.0. The van der Waals surface area contributed by atoms with Gasteiger partial charge in [0.1, 0.15) is 17.0 Å². The first kappa shape index (κ1) is 29.4. The van der Waals surface area contributed by atoms with E-state index in [9.17, 15) is 0 Å². The molecule has 7 aromatic carbocycles. The summed E-state index contributed by atoms with van der Waals surface area (Å²) in [5.41, 5.74) is 13.4. The van der Waals surface area contributed by atoms with E-state index in [0.29, 0.717) is 0 Å². The van der Waals surface area contributed by atoms with E-state index in [2.05, 4.69) is 159 Å². The summed E-state index contributed by atoms with van der Waals surface area (Å²) in [6.45, 7) is 0. The molecule has 0 fully saturated rings. The van der Waals surface area contributed by atoms with Crippen LogP contribution < -0.4 is 0 Å². The normalized spacial score (nSPS) is 11.8. The number of hydrogen-bond acceptors (Lipinski definition) is 4. The molecule has 0 aliphatic carbocycles. The number of fused-ring (bicyclic) bond motifs is 7. The molecule has 0 saturated carbocycles. The van der Waals surface area contributed by atoms with E-state index < -0.39 is 0 Å². The molecule has 0 unspecified atom stereocenters. The molecular weight excluding hydrogens is 651 g/mol. The van der Waals surface area contributed by atoms with Crippen LogP contribution in [0.4, 0.5) is 0 Å². The van der Waals surface area contributed by atoms with Gasteiger partial charge in [-0.2, -0.15) is 0 Å². The van der Waals surface area contributed by atoms with E-state index in [1.54, 1.807) is 18.6 Å². The van der Waals surface area contributed by atoms with Crippen LogP contribution in [0.2, 0.25) is 0 Å². The van der Waals surface area contributed by atoms with E-state index in [-0.39, 0.29) is 0 Å². The molecule has 248 valence electrons. The van der Waals surface area contributed by atoms with Crippen LogP contribution in [-0.2, 0) is 0 Å². The highest BCUT2D eigenvalue weighted by atomic mass is 16.3. The van der Waals surface area contributed by atoms with Crippen LogP contribution in [0.15, 0.2) is 181 Å². The monoisotopic (exact) mass is 679 g/mol. The van der Waals surface area contributed by atoms with Gasteiger partial charge in [-0.1, -0.05) is 97.1 Å². The maximum absolute atomic E-state index is 6.42. The SMILES string of the molecule is c1ccc2c(c1)nc(-c1ccc(-c3cnccn3)cc1)n2-c1ccc(-n2c3ccccc3c3cc(-c4cccc5c4oc4ccccc45)ccc32)cc1. The van der Waals surface area contributed by atoms with Crippen molar-refractivity contribution in [3.8, 4) is 45.1 Å². The maximum Gasteiger partial charge on any atom is 0.145 e. The Bertz CT molecular complexity index is 3150.